The molecular formula is C14H27NO3. The van der Waals surface area contributed by atoms with Gasteiger partial charge in [0, 0.05) is 13.2 Å². The summed E-state index contributed by atoms with van der Waals surface area (Å²) in [5, 5.41) is 12.9. The molecule has 1 fully saturated rings. The maximum atomic E-state index is 11.8. The number of hydrogen-bond acceptors (Lipinski definition) is 3. The smallest absolute Gasteiger partial charge is 0.248 e. The maximum absolute atomic E-state index is 11.8. The third-order valence-corrected chi connectivity index (χ3v) is 3.56. The largest absolute Gasteiger partial charge is 0.388 e. The maximum Gasteiger partial charge on any atom is 0.248 e. The highest BCUT2D eigenvalue weighted by molar-refractivity contribution is 5.80. The number of carbonyl (C=O) groups excluding carboxylic acids is 1. The van der Waals surface area contributed by atoms with Crippen LogP contribution in [-0.2, 0) is 9.53 Å². The monoisotopic (exact) mass is 257 g/mol. The lowest BCUT2D eigenvalue weighted by Gasteiger charge is -2.23. The Bertz CT molecular complexity index is 260. The van der Waals surface area contributed by atoms with E-state index in [4.69, 9.17) is 4.74 Å². The Hall–Kier alpha value is -0.610. The van der Waals surface area contributed by atoms with Crippen molar-refractivity contribution < 1.29 is 14.6 Å². The summed E-state index contributed by atoms with van der Waals surface area (Å²) in [4.78, 5) is 11.8. The van der Waals surface area contributed by atoms with E-state index in [-0.39, 0.29) is 5.91 Å². The summed E-state index contributed by atoms with van der Waals surface area (Å²) in [6.07, 6.45) is 4.20. The average Bonchev–Trinajstić information content (AvgIpc) is 2.73. The number of aliphatic hydroxyl groups is 1. The highest BCUT2D eigenvalue weighted by atomic mass is 16.5. The molecule has 0 aromatic carbocycles. The molecule has 1 saturated carbocycles. The van der Waals surface area contributed by atoms with Gasteiger partial charge in [-0.1, -0.05) is 26.7 Å². The van der Waals surface area contributed by atoms with Crippen molar-refractivity contribution in [1.29, 1.82) is 0 Å². The molecule has 2 N–H and O–H groups in total. The first-order valence-corrected chi connectivity index (χ1v) is 7.05. The summed E-state index contributed by atoms with van der Waals surface area (Å²) in [6.45, 7) is 6.97. The van der Waals surface area contributed by atoms with Gasteiger partial charge in [-0.05, 0) is 32.1 Å². The molecule has 0 radical (unpaired) electrons. The van der Waals surface area contributed by atoms with Gasteiger partial charge in [0.25, 0.3) is 0 Å². The van der Waals surface area contributed by atoms with Gasteiger partial charge in [0.2, 0.25) is 5.91 Å². The third kappa shape index (κ3) is 5.36. The van der Waals surface area contributed by atoms with Gasteiger partial charge >= 0.3 is 0 Å². The first-order valence-electron chi connectivity index (χ1n) is 7.05. The highest BCUT2D eigenvalue weighted by Crippen LogP contribution is 2.28. The van der Waals surface area contributed by atoms with Crippen LogP contribution in [0.5, 0.6) is 0 Å². The van der Waals surface area contributed by atoms with E-state index in [9.17, 15) is 9.90 Å². The summed E-state index contributed by atoms with van der Waals surface area (Å²) in [5.41, 5.74) is -0.687. The summed E-state index contributed by atoms with van der Waals surface area (Å²) < 4.78 is 5.47. The lowest BCUT2D eigenvalue weighted by atomic mass is 10.0. The van der Waals surface area contributed by atoms with Crippen molar-refractivity contribution in [3.8, 4) is 0 Å². The van der Waals surface area contributed by atoms with E-state index in [1.165, 1.54) is 0 Å². The van der Waals surface area contributed by atoms with Crippen molar-refractivity contribution >= 4 is 5.91 Å². The number of amides is 1. The molecule has 1 aliphatic carbocycles. The lowest BCUT2D eigenvalue weighted by molar-refractivity contribution is -0.133. The van der Waals surface area contributed by atoms with E-state index in [0.29, 0.717) is 19.1 Å². The Morgan fingerprint density at radius 3 is 2.50 bits per heavy atom. The van der Waals surface area contributed by atoms with Crippen LogP contribution in [-0.4, -0.2) is 35.9 Å². The molecule has 0 aromatic rings. The van der Waals surface area contributed by atoms with E-state index in [1.54, 1.807) is 6.92 Å². The first-order chi connectivity index (χ1) is 8.43. The highest BCUT2D eigenvalue weighted by Gasteiger charge is 2.31. The second-order valence-electron chi connectivity index (χ2n) is 5.84. The van der Waals surface area contributed by atoms with Crippen LogP contribution in [0.25, 0.3) is 0 Å². The second kappa shape index (κ2) is 7.10. The zero-order chi connectivity index (χ0) is 13.6. The molecule has 0 aliphatic heterocycles. The van der Waals surface area contributed by atoms with Gasteiger partial charge in [0.1, 0.15) is 6.10 Å². The van der Waals surface area contributed by atoms with Crippen LogP contribution in [0.4, 0.5) is 0 Å². The summed E-state index contributed by atoms with van der Waals surface area (Å²) in [7, 11) is 0. The molecule has 0 bridgehead atoms. The van der Waals surface area contributed by atoms with E-state index >= 15 is 0 Å². The molecule has 106 valence electrons. The van der Waals surface area contributed by atoms with Crippen molar-refractivity contribution in [3.63, 3.8) is 0 Å². The summed E-state index contributed by atoms with van der Waals surface area (Å²) in [6, 6.07) is 0. The van der Waals surface area contributed by atoms with Gasteiger partial charge in [0.15, 0.2) is 0 Å². The van der Waals surface area contributed by atoms with Crippen LogP contribution < -0.4 is 5.32 Å². The molecule has 0 heterocycles. The average molecular weight is 257 g/mol. The number of carbonyl (C=O) groups is 1. The van der Waals surface area contributed by atoms with Crippen LogP contribution in [0.1, 0.15) is 52.9 Å². The standard InChI is InChI=1S/C14H27NO3/c1-11(2)6-9-18-12(3)13(16)15-10-14(17)7-4-5-8-14/h11-12,17H,4-10H2,1-3H3,(H,15,16). The molecule has 4 nitrogen and oxygen atoms in total. The van der Waals surface area contributed by atoms with E-state index < -0.39 is 11.7 Å². The van der Waals surface area contributed by atoms with E-state index in [0.717, 1.165) is 32.1 Å². The fraction of sp³-hybridized carbons (Fsp3) is 0.929. The van der Waals surface area contributed by atoms with Gasteiger partial charge in [-0.25, -0.2) is 0 Å². The second-order valence-corrected chi connectivity index (χ2v) is 5.84. The molecule has 1 amide bonds. The minimum atomic E-state index is -0.687. The predicted octanol–water partition coefficient (Wildman–Crippen LogP) is 1.86. The zero-order valence-corrected chi connectivity index (χ0v) is 11.9. The van der Waals surface area contributed by atoms with Crippen LogP contribution in [0.2, 0.25) is 0 Å². The molecule has 1 unspecified atom stereocenters. The van der Waals surface area contributed by atoms with Gasteiger partial charge in [-0.3, -0.25) is 4.79 Å². The Labute approximate surface area is 110 Å². The molecule has 18 heavy (non-hydrogen) atoms. The van der Waals surface area contributed by atoms with Crippen molar-refractivity contribution in [2.45, 2.75) is 64.6 Å². The van der Waals surface area contributed by atoms with Crippen LogP contribution >= 0.6 is 0 Å². The Kier molecular flexibility index (Phi) is 6.09. The topological polar surface area (TPSA) is 58.6 Å². The van der Waals surface area contributed by atoms with Gasteiger partial charge in [0.05, 0.1) is 5.60 Å². The number of rotatable bonds is 7. The SMILES string of the molecule is CC(C)CCOC(C)C(=O)NCC1(O)CCCC1. The fourth-order valence-electron chi connectivity index (χ4n) is 2.16. The molecule has 4 heteroatoms. The molecule has 1 aliphatic rings. The Morgan fingerprint density at radius 1 is 1.33 bits per heavy atom. The number of hydrogen-bond donors (Lipinski definition) is 2. The number of nitrogens with one attached hydrogen (secondary N) is 1. The molecule has 0 saturated heterocycles. The Morgan fingerprint density at radius 2 is 1.94 bits per heavy atom. The quantitative estimate of drug-likeness (QED) is 0.732. The van der Waals surface area contributed by atoms with Gasteiger partial charge < -0.3 is 15.2 Å². The van der Waals surface area contributed by atoms with Crippen LogP contribution in [0.15, 0.2) is 0 Å². The Balaban J connectivity index is 2.19. The zero-order valence-electron chi connectivity index (χ0n) is 11.9. The first kappa shape index (κ1) is 15.4. The molecule has 1 atom stereocenters. The van der Waals surface area contributed by atoms with Gasteiger partial charge in [-0.2, -0.15) is 0 Å². The fourth-order valence-corrected chi connectivity index (χ4v) is 2.16. The van der Waals surface area contributed by atoms with Crippen molar-refractivity contribution in [3.05, 3.63) is 0 Å². The lowest BCUT2D eigenvalue weighted by Crippen LogP contribution is -2.44. The normalized spacial score (nSPS) is 20.1. The van der Waals surface area contributed by atoms with Gasteiger partial charge in [-0.15, -0.1) is 0 Å². The molecule has 0 spiro atoms. The van der Waals surface area contributed by atoms with Crippen LogP contribution in [0.3, 0.4) is 0 Å². The van der Waals surface area contributed by atoms with E-state index in [1.807, 2.05) is 0 Å². The number of ether oxygens (including phenoxy) is 1. The third-order valence-electron chi connectivity index (χ3n) is 3.56. The van der Waals surface area contributed by atoms with Crippen molar-refractivity contribution in [2.75, 3.05) is 13.2 Å². The minimum Gasteiger partial charge on any atom is -0.388 e. The summed E-state index contributed by atoms with van der Waals surface area (Å²) >= 11 is 0. The van der Waals surface area contributed by atoms with Crippen molar-refractivity contribution in [2.24, 2.45) is 5.92 Å². The molecule has 0 aromatic heterocycles. The molecular weight excluding hydrogens is 230 g/mol. The summed E-state index contributed by atoms with van der Waals surface area (Å²) in [5.74, 6) is 0.457. The predicted molar refractivity (Wildman–Crippen MR) is 71.3 cm³/mol. The van der Waals surface area contributed by atoms with Crippen molar-refractivity contribution in [1.82, 2.24) is 5.32 Å². The minimum absolute atomic E-state index is 0.126. The van der Waals surface area contributed by atoms with E-state index in [2.05, 4.69) is 19.2 Å². The van der Waals surface area contributed by atoms with Crippen LogP contribution in [0, 0.1) is 5.92 Å². The molecule has 1 rings (SSSR count).